The molecule has 0 unspecified atom stereocenters. The van der Waals surface area contributed by atoms with E-state index in [0.717, 1.165) is 43.5 Å². The van der Waals surface area contributed by atoms with Crippen LogP contribution in [0.25, 0.3) is 0 Å². The van der Waals surface area contributed by atoms with Gasteiger partial charge in [0.1, 0.15) is 0 Å². The van der Waals surface area contributed by atoms with Crippen LogP contribution in [0.15, 0.2) is 24.3 Å². The standard InChI is InChI=1S/C15H14F3N3OS/c16-15(17,18)9-4-3-5-10(8-9)19-13(22)21-14-20-11-6-1-2-7-12(11)23-14/h3-5,8H,1-2,6-7H2,(H2,19,20,21,22). The Morgan fingerprint density at radius 2 is 1.96 bits per heavy atom. The highest BCUT2D eigenvalue weighted by molar-refractivity contribution is 7.15. The summed E-state index contributed by atoms with van der Waals surface area (Å²) in [7, 11) is 0. The van der Waals surface area contributed by atoms with E-state index in [2.05, 4.69) is 15.6 Å². The van der Waals surface area contributed by atoms with Gasteiger partial charge in [0.25, 0.3) is 0 Å². The number of anilines is 2. The number of nitrogens with one attached hydrogen (secondary N) is 2. The molecule has 1 aromatic heterocycles. The van der Waals surface area contributed by atoms with E-state index in [9.17, 15) is 18.0 Å². The number of nitrogens with zero attached hydrogens (tertiary/aromatic N) is 1. The molecule has 1 aromatic carbocycles. The lowest BCUT2D eigenvalue weighted by molar-refractivity contribution is -0.137. The molecule has 122 valence electrons. The number of hydrogen-bond donors (Lipinski definition) is 2. The van der Waals surface area contributed by atoms with Gasteiger partial charge in [-0.1, -0.05) is 6.07 Å². The van der Waals surface area contributed by atoms with Gasteiger partial charge in [0.05, 0.1) is 11.3 Å². The van der Waals surface area contributed by atoms with Gasteiger partial charge < -0.3 is 5.32 Å². The average molecular weight is 341 g/mol. The third-order valence-electron chi connectivity index (χ3n) is 3.51. The lowest BCUT2D eigenvalue weighted by atomic mass is 10.0. The van der Waals surface area contributed by atoms with E-state index in [1.807, 2.05) is 0 Å². The van der Waals surface area contributed by atoms with E-state index in [4.69, 9.17) is 0 Å². The Morgan fingerprint density at radius 3 is 2.70 bits per heavy atom. The van der Waals surface area contributed by atoms with Crippen molar-refractivity contribution in [2.75, 3.05) is 10.6 Å². The fourth-order valence-corrected chi connectivity index (χ4v) is 3.48. The molecule has 0 saturated heterocycles. The molecule has 8 heteroatoms. The van der Waals surface area contributed by atoms with Crippen LogP contribution in [0.1, 0.15) is 29.0 Å². The molecule has 1 aliphatic carbocycles. The van der Waals surface area contributed by atoms with Crippen molar-refractivity contribution in [1.29, 1.82) is 0 Å². The Kier molecular flexibility index (Phi) is 4.25. The number of amides is 2. The first-order valence-electron chi connectivity index (χ1n) is 7.16. The highest BCUT2D eigenvalue weighted by atomic mass is 32.1. The number of benzene rings is 1. The van der Waals surface area contributed by atoms with Crippen LogP contribution in [0.2, 0.25) is 0 Å². The number of carbonyl (C=O) groups is 1. The summed E-state index contributed by atoms with van der Waals surface area (Å²) in [6, 6.07) is 3.91. The van der Waals surface area contributed by atoms with Crippen molar-refractivity contribution in [2.24, 2.45) is 0 Å². The molecule has 0 saturated carbocycles. The molecule has 4 nitrogen and oxygen atoms in total. The minimum atomic E-state index is -4.44. The van der Waals surface area contributed by atoms with Crippen molar-refractivity contribution < 1.29 is 18.0 Å². The summed E-state index contributed by atoms with van der Waals surface area (Å²) < 4.78 is 37.9. The number of halogens is 3. The second-order valence-electron chi connectivity index (χ2n) is 5.25. The molecule has 1 heterocycles. The number of alkyl halides is 3. The maximum atomic E-state index is 12.6. The van der Waals surface area contributed by atoms with Crippen molar-refractivity contribution in [3.05, 3.63) is 40.4 Å². The van der Waals surface area contributed by atoms with Crippen molar-refractivity contribution in [3.63, 3.8) is 0 Å². The first-order chi connectivity index (χ1) is 10.9. The van der Waals surface area contributed by atoms with Crippen molar-refractivity contribution in [3.8, 4) is 0 Å². The van der Waals surface area contributed by atoms with E-state index in [1.54, 1.807) is 0 Å². The Balaban J connectivity index is 1.66. The normalized spacial score (nSPS) is 14.2. The van der Waals surface area contributed by atoms with Gasteiger partial charge >= 0.3 is 12.2 Å². The lowest BCUT2D eigenvalue weighted by Crippen LogP contribution is -2.19. The van der Waals surface area contributed by atoms with Gasteiger partial charge in [-0.2, -0.15) is 13.2 Å². The van der Waals surface area contributed by atoms with Crippen LogP contribution in [0, 0.1) is 0 Å². The van der Waals surface area contributed by atoms with E-state index >= 15 is 0 Å². The second kappa shape index (κ2) is 6.19. The number of hydrogen-bond acceptors (Lipinski definition) is 3. The Bertz CT molecular complexity index is 703. The molecule has 2 N–H and O–H groups in total. The largest absolute Gasteiger partial charge is 0.416 e. The molecule has 0 radical (unpaired) electrons. The number of aryl methyl sites for hydroxylation is 2. The van der Waals surface area contributed by atoms with Crippen LogP contribution in [0.3, 0.4) is 0 Å². The second-order valence-corrected chi connectivity index (χ2v) is 6.34. The molecule has 0 spiro atoms. The van der Waals surface area contributed by atoms with Crippen LogP contribution in [0.4, 0.5) is 28.8 Å². The first kappa shape index (κ1) is 15.8. The summed E-state index contributed by atoms with van der Waals surface area (Å²) in [4.78, 5) is 17.4. The minimum absolute atomic E-state index is 0.0821. The molecule has 3 rings (SSSR count). The van der Waals surface area contributed by atoms with Gasteiger partial charge in [0.2, 0.25) is 0 Å². The predicted octanol–water partition coefficient (Wildman–Crippen LogP) is 4.68. The smallest absolute Gasteiger partial charge is 0.308 e. The van der Waals surface area contributed by atoms with Crippen molar-refractivity contribution >= 4 is 28.2 Å². The molecule has 1 aliphatic rings. The molecular formula is C15H14F3N3OS. The van der Waals surface area contributed by atoms with E-state index in [-0.39, 0.29) is 5.69 Å². The summed E-state index contributed by atoms with van der Waals surface area (Å²) in [5, 5.41) is 5.46. The van der Waals surface area contributed by atoms with Gasteiger partial charge in [-0.3, -0.25) is 5.32 Å². The Morgan fingerprint density at radius 1 is 1.17 bits per heavy atom. The number of carbonyl (C=O) groups excluding carboxylic acids is 1. The highest BCUT2D eigenvalue weighted by Crippen LogP contribution is 2.31. The molecular weight excluding hydrogens is 327 g/mol. The molecule has 23 heavy (non-hydrogen) atoms. The monoisotopic (exact) mass is 341 g/mol. The Labute approximate surface area is 134 Å². The van der Waals surface area contributed by atoms with Crippen LogP contribution in [-0.2, 0) is 19.0 Å². The third-order valence-corrected chi connectivity index (χ3v) is 4.59. The first-order valence-corrected chi connectivity index (χ1v) is 7.97. The zero-order chi connectivity index (χ0) is 16.4. The van der Waals surface area contributed by atoms with E-state index < -0.39 is 17.8 Å². The van der Waals surface area contributed by atoms with Crippen LogP contribution in [-0.4, -0.2) is 11.0 Å². The number of aromatic nitrogens is 1. The maximum Gasteiger partial charge on any atom is 0.416 e. The maximum absolute atomic E-state index is 12.6. The molecule has 0 atom stereocenters. The number of urea groups is 1. The zero-order valence-corrected chi connectivity index (χ0v) is 12.9. The topological polar surface area (TPSA) is 54.0 Å². The summed E-state index contributed by atoms with van der Waals surface area (Å²) in [5.41, 5.74) is 0.286. The summed E-state index contributed by atoms with van der Waals surface area (Å²) in [5.74, 6) is 0. The number of thiazole rings is 1. The van der Waals surface area contributed by atoms with Crippen LogP contribution in [0.5, 0.6) is 0 Å². The molecule has 2 amide bonds. The fraction of sp³-hybridized carbons (Fsp3) is 0.333. The summed E-state index contributed by atoms with van der Waals surface area (Å²) in [6.45, 7) is 0. The third kappa shape index (κ3) is 3.82. The quantitative estimate of drug-likeness (QED) is 0.833. The SMILES string of the molecule is O=C(Nc1cccc(C(F)(F)F)c1)Nc1nc2c(s1)CCCC2. The minimum Gasteiger partial charge on any atom is -0.308 e. The van der Waals surface area contributed by atoms with Gasteiger partial charge in [-0.25, -0.2) is 9.78 Å². The lowest BCUT2D eigenvalue weighted by Gasteiger charge is -2.09. The highest BCUT2D eigenvalue weighted by Gasteiger charge is 2.30. The average Bonchev–Trinajstić information content (AvgIpc) is 2.88. The van der Waals surface area contributed by atoms with Crippen LogP contribution >= 0.6 is 11.3 Å². The number of fused-ring (bicyclic) bond motifs is 1. The molecule has 0 aliphatic heterocycles. The number of rotatable bonds is 2. The van der Waals surface area contributed by atoms with Crippen molar-refractivity contribution in [1.82, 2.24) is 4.98 Å². The van der Waals surface area contributed by atoms with Crippen LogP contribution < -0.4 is 10.6 Å². The van der Waals surface area contributed by atoms with Gasteiger partial charge in [-0.05, 0) is 43.9 Å². The molecule has 2 aromatic rings. The fourth-order valence-electron chi connectivity index (χ4n) is 2.44. The van der Waals surface area contributed by atoms with Gasteiger partial charge in [0, 0.05) is 10.6 Å². The Hall–Kier alpha value is -2.09. The summed E-state index contributed by atoms with van der Waals surface area (Å²) >= 11 is 1.42. The molecule has 0 bridgehead atoms. The van der Waals surface area contributed by atoms with Crippen molar-refractivity contribution in [2.45, 2.75) is 31.9 Å². The zero-order valence-electron chi connectivity index (χ0n) is 12.0. The predicted molar refractivity (Wildman–Crippen MR) is 82.8 cm³/mol. The van der Waals surface area contributed by atoms with E-state index in [1.165, 1.54) is 28.3 Å². The molecule has 0 fully saturated rings. The van der Waals surface area contributed by atoms with Gasteiger partial charge in [0.15, 0.2) is 5.13 Å². The summed E-state index contributed by atoms with van der Waals surface area (Å²) in [6.07, 6.45) is -0.368. The van der Waals surface area contributed by atoms with E-state index in [0.29, 0.717) is 5.13 Å². The van der Waals surface area contributed by atoms with Gasteiger partial charge in [-0.15, -0.1) is 11.3 Å².